The van der Waals surface area contributed by atoms with Gasteiger partial charge in [0.2, 0.25) is 0 Å². The highest BCUT2D eigenvalue weighted by atomic mass is 35.8. The van der Waals surface area contributed by atoms with Crippen LogP contribution in [0.1, 0.15) is 103 Å². The number of hydrogen-bond donors (Lipinski definition) is 0. The van der Waals surface area contributed by atoms with E-state index in [9.17, 15) is 0 Å². The molecule has 153 valence electrons. The molecule has 0 amide bonds. The van der Waals surface area contributed by atoms with Gasteiger partial charge in [-0.2, -0.15) is 0 Å². The third-order valence-corrected chi connectivity index (χ3v) is 7.90. The molecule has 0 aliphatic rings. The van der Waals surface area contributed by atoms with Gasteiger partial charge in [-0.25, -0.2) is 0 Å². The molecule has 5 heteroatoms. The summed E-state index contributed by atoms with van der Waals surface area (Å²) in [7, 11) is -0.334. The van der Waals surface area contributed by atoms with Crippen LogP contribution in [-0.2, 0) is 0 Å². The van der Waals surface area contributed by atoms with Crippen molar-refractivity contribution in [1.82, 2.24) is 0 Å². The van der Waals surface area contributed by atoms with Crippen LogP contribution in [0.15, 0.2) is 0 Å². The van der Waals surface area contributed by atoms with Crippen molar-refractivity contribution in [3.8, 4) is 11.5 Å². The number of unbranched alkanes of at least 4 members (excludes halogenated alkanes) is 15. The van der Waals surface area contributed by atoms with Crippen molar-refractivity contribution in [2.45, 2.75) is 122 Å². The summed E-state index contributed by atoms with van der Waals surface area (Å²) in [5.41, 5.74) is 3.34. The van der Waals surface area contributed by atoms with E-state index in [0.29, 0.717) is 0 Å². The fourth-order valence-electron chi connectivity index (χ4n) is 3.08. The summed E-state index contributed by atoms with van der Waals surface area (Å²) in [6.07, 6.45) is 21.5. The maximum Gasteiger partial charge on any atom is 0.341 e. The van der Waals surface area contributed by atoms with Gasteiger partial charge in [0, 0.05) is 6.42 Å². The molecule has 0 atom stereocenters. The van der Waals surface area contributed by atoms with Crippen LogP contribution >= 0.6 is 33.2 Å². The molecule has 0 N–H and O–H groups in total. The third-order valence-electron chi connectivity index (χ3n) is 4.60. The highest BCUT2D eigenvalue weighted by Gasteiger charge is 2.23. The summed E-state index contributed by atoms with van der Waals surface area (Å²) in [6.45, 7) is 4.52. The first-order valence-corrected chi connectivity index (χ1v) is 18.5. The summed E-state index contributed by atoms with van der Waals surface area (Å²) in [4.78, 5) is 0. The molecule has 0 unspecified atom stereocenters. The first-order valence-electron chi connectivity index (χ1n) is 10.8. The van der Waals surface area contributed by atoms with Crippen molar-refractivity contribution < 1.29 is 0 Å². The monoisotopic (exact) mass is 453 g/mol. The van der Waals surface area contributed by atoms with Crippen LogP contribution in [0.2, 0.25) is 19.1 Å². The lowest BCUT2D eigenvalue weighted by atomic mass is 10.0. The highest BCUT2D eigenvalue weighted by molar-refractivity contribution is 7.64. The number of rotatable bonds is 17. The predicted octanol–water partition coefficient (Wildman–Crippen LogP) is 9.18. The maximum atomic E-state index is 5.88. The van der Waals surface area contributed by atoms with Gasteiger partial charge in [-0.05, 0) is 12.5 Å². The summed E-state index contributed by atoms with van der Waals surface area (Å²) < 4.78 is 0. The van der Waals surface area contributed by atoms with Gasteiger partial charge in [0.1, 0.15) is 8.80 Å². The molecule has 0 fully saturated rings. The molecule has 0 saturated heterocycles. The van der Waals surface area contributed by atoms with E-state index in [1.54, 1.807) is 0 Å². The minimum Gasteiger partial charge on any atom is -0.134 e. The van der Waals surface area contributed by atoms with Crippen molar-refractivity contribution in [3.63, 3.8) is 0 Å². The van der Waals surface area contributed by atoms with Crippen LogP contribution in [-0.4, -0.2) is 14.8 Å². The molecule has 0 saturated carbocycles. The summed E-state index contributed by atoms with van der Waals surface area (Å²) in [6, 6.07) is -1.54. The highest BCUT2D eigenvalue weighted by Crippen LogP contribution is 2.27. The van der Waals surface area contributed by atoms with Crippen molar-refractivity contribution in [1.29, 1.82) is 0 Å². The van der Waals surface area contributed by atoms with Gasteiger partial charge in [-0.15, -0.1) is 44.7 Å². The summed E-state index contributed by atoms with van der Waals surface area (Å²) >= 11 is 17.7. The Morgan fingerprint density at radius 3 is 1.27 bits per heavy atom. The second-order valence-corrected chi connectivity index (χ2v) is 19.2. The van der Waals surface area contributed by atoms with Crippen LogP contribution in [0.5, 0.6) is 0 Å². The fraction of sp³-hybridized carbons (Fsp3) is 0.905. The van der Waals surface area contributed by atoms with Gasteiger partial charge in [-0.3, -0.25) is 0 Å². The fourth-order valence-corrected chi connectivity index (χ4v) is 5.41. The average molecular weight is 455 g/mol. The second kappa shape index (κ2) is 19.2. The Bertz CT molecular complexity index is 356. The Hall–Kier alpha value is 0.864. The van der Waals surface area contributed by atoms with E-state index in [2.05, 4.69) is 24.6 Å². The molecular weight excluding hydrogens is 415 g/mol. The Labute approximate surface area is 180 Å². The minimum atomic E-state index is -2.36. The Morgan fingerprint density at radius 2 is 0.923 bits per heavy atom. The molecule has 26 heavy (non-hydrogen) atoms. The molecule has 0 aliphatic carbocycles. The molecule has 0 aliphatic heterocycles. The Kier molecular flexibility index (Phi) is 19.8. The topological polar surface area (TPSA) is 0 Å². The van der Waals surface area contributed by atoms with Crippen molar-refractivity contribution in [2.24, 2.45) is 0 Å². The van der Waals surface area contributed by atoms with Gasteiger partial charge in [0.05, 0.1) is 0 Å². The normalized spacial score (nSPS) is 11.6. The zero-order chi connectivity index (χ0) is 19.5. The standard InChI is InChI=1S/C21H40Cl3Si2/c1-25(2)20-18-16-14-12-10-8-6-4-3-5-7-9-11-13-15-17-19-21-26(22,23)24/h3-17,19,21H2,1-2H3. The van der Waals surface area contributed by atoms with E-state index in [1.165, 1.54) is 89.9 Å². The summed E-state index contributed by atoms with van der Waals surface area (Å²) in [5, 5.41) is 0. The third kappa shape index (κ3) is 24.9. The molecule has 0 bridgehead atoms. The predicted molar refractivity (Wildman–Crippen MR) is 127 cm³/mol. The minimum absolute atomic E-state index is 0.334. The molecule has 0 nitrogen and oxygen atoms in total. The van der Waals surface area contributed by atoms with E-state index < -0.39 is 6.00 Å². The molecule has 0 aromatic heterocycles. The number of hydrogen-bond acceptors (Lipinski definition) is 0. The molecule has 0 heterocycles. The second-order valence-electron chi connectivity index (χ2n) is 7.72. The van der Waals surface area contributed by atoms with Gasteiger partial charge < -0.3 is 0 Å². The van der Waals surface area contributed by atoms with E-state index >= 15 is 0 Å². The molecule has 1 radical (unpaired) electrons. The number of halogens is 3. The van der Waals surface area contributed by atoms with Crippen molar-refractivity contribution in [2.75, 3.05) is 0 Å². The lowest BCUT2D eigenvalue weighted by molar-refractivity contribution is 0.533. The van der Waals surface area contributed by atoms with E-state index in [1.807, 2.05) is 0 Å². The molecule has 0 aromatic carbocycles. The van der Waals surface area contributed by atoms with Crippen LogP contribution < -0.4 is 0 Å². The van der Waals surface area contributed by atoms with Gasteiger partial charge >= 0.3 is 6.00 Å². The lowest BCUT2D eigenvalue weighted by Crippen LogP contribution is -2.07. The van der Waals surface area contributed by atoms with Gasteiger partial charge in [0.25, 0.3) is 0 Å². The summed E-state index contributed by atoms with van der Waals surface area (Å²) in [5.74, 6) is 3.32. The molecular formula is C21H40Cl3Si2. The Morgan fingerprint density at radius 1 is 0.577 bits per heavy atom. The van der Waals surface area contributed by atoms with E-state index in [-0.39, 0.29) is 8.80 Å². The molecule has 0 rings (SSSR count). The molecule has 0 spiro atoms. The van der Waals surface area contributed by atoms with E-state index in [4.69, 9.17) is 33.2 Å². The van der Waals surface area contributed by atoms with Gasteiger partial charge in [-0.1, -0.05) is 103 Å². The van der Waals surface area contributed by atoms with Crippen LogP contribution in [0.4, 0.5) is 0 Å². The zero-order valence-corrected chi connectivity index (χ0v) is 21.4. The average Bonchev–Trinajstić information content (AvgIpc) is 2.55. The lowest BCUT2D eigenvalue weighted by Gasteiger charge is -2.07. The zero-order valence-electron chi connectivity index (χ0n) is 17.2. The van der Waals surface area contributed by atoms with Crippen LogP contribution in [0.25, 0.3) is 0 Å². The van der Waals surface area contributed by atoms with Crippen molar-refractivity contribution in [3.05, 3.63) is 0 Å². The van der Waals surface area contributed by atoms with Gasteiger partial charge in [0.15, 0.2) is 0 Å². The Balaban J connectivity index is 3.09. The smallest absolute Gasteiger partial charge is 0.134 e. The molecule has 0 aromatic rings. The van der Waals surface area contributed by atoms with Crippen molar-refractivity contribution >= 4 is 48.0 Å². The van der Waals surface area contributed by atoms with E-state index in [0.717, 1.165) is 18.9 Å². The first-order chi connectivity index (χ1) is 12.4. The van der Waals surface area contributed by atoms with Crippen LogP contribution in [0.3, 0.4) is 0 Å². The van der Waals surface area contributed by atoms with Crippen LogP contribution in [0, 0.1) is 11.5 Å². The largest absolute Gasteiger partial charge is 0.341 e. The first kappa shape index (κ1) is 26.9. The quantitative estimate of drug-likeness (QED) is 0.0888. The maximum absolute atomic E-state index is 5.88. The SMILES string of the molecule is C[Si](C)C#CCCCCCCCCCCCCCCCCC[Si](Cl)(Cl)Cl.